The Kier molecular flexibility index (Phi) is 4.66. The van der Waals surface area contributed by atoms with Gasteiger partial charge in [0.25, 0.3) is 0 Å². The van der Waals surface area contributed by atoms with Gasteiger partial charge in [-0.3, -0.25) is 0 Å². The van der Waals surface area contributed by atoms with E-state index in [1.807, 2.05) is 11.9 Å². The van der Waals surface area contributed by atoms with E-state index >= 15 is 0 Å². The zero-order chi connectivity index (χ0) is 12.1. The molecule has 4 nitrogen and oxygen atoms in total. The molecule has 17 heavy (non-hydrogen) atoms. The number of hydrogen-bond donors (Lipinski definition) is 1. The van der Waals surface area contributed by atoms with E-state index in [1.165, 1.54) is 12.8 Å². The molecule has 4 heteroatoms. The average Bonchev–Trinajstić information content (AvgIpc) is 2.83. The van der Waals surface area contributed by atoms with Crippen LogP contribution in [0.4, 0.5) is 4.79 Å². The number of amides is 2. The minimum Gasteiger partial charge on any atom is -0.381 e. The largest absolute Gasteiger partial charge is 0.381 e. The van der Waals surface area contributed by atoms with Crippen molar-refractivity contribution in [2.24, 2.45) is 5.92 Å². The fraction of sp³-hybridized carbons (Fsp3) is 0.923. The van der Waals surface area contributed by atoms with Crippen molar-refractivity contribution in [2.75, 3.05) is 26.8 Å². The molecule has 1 saturated heterocycles. The van der Waals surface area contributed by atoms with Crippen LogP contribution in [0.3, 0.4) is 0 Å². The highest BCUT2D eigenvalue weighted by atomic mass is 16.5. The van der Waals surface area contributed by atoms with Gasteiger partial charge in [-0.1, -0.05) is 12.8 Å². The molecule has 0 atom stereocenters. The number of hydrogen-bond acceptors (Lipinski definition) is 2. The molecule has 1 saturated carbocycles. The second-order valence-corrected chi connectivity index (χ2v) is 5.37. The Morgan fingerprint density at radius 2 is 1.88 bits per heavy atom. The summed E-state index contributed by atoms with van der Waals surface area (Å²) < 4.78 is 5.33. The molecule has 2 fully saturated rings. The van der Waals surface area contributed by atoms with Crippen LogP contribution in [-0.4, -0.2) is 43.8 Å². The van der Waals surface area contributed by atoms with Gasteiger partial charge in [-0.15, -0.1) is 0 Å². The molecule has 1 aliphatic heterocycles. The minimum absolute atomic E-state index is 0.100. The molecule has 2 aliphatic rings. The van der Waals surface area contributed by atoms with E-state index in [0.29, 0.717) is 12.0 Å². The third kappa shape index (κ3) is 3.87. The second kappa shape index (κ2) is 6.24. The number of ether oxygens (including phenoxy) is 1. The molecule has 98 valence electrons. The van der Waals surface area contributed by atoms with Crippen LogP contribution in [0.1, 0.15) is 38.5 Å². The number of carbonyl (C=O) groups excluding carboxylic acids is 1. The Morgan fingerprint density at radius 3 is 2.53 bits per heavy atom. The van der Waals surface area contributed by atoms with Crippen molar-refractivity contribution < 1.29 is 9.53 Å². The third-order valence-electron chi connectivity index (χ3n) is 3.90. The Balaban J connectivity index is 1.70. The molecule has 0 spiro atoms. The molecule has 1 N–H and O–H groups in total. The molecule has 2 amide bonds. The SMILES string of the molecule is CN(CC1CCOCC1)C(=O)NC1CCCC1. The fourth-order valence-corrected chi connectivity index (χ4v) is 2.75. The van der Waals surface area contributed by atoms with Gasteiger partial charge in [-0.05, 0) is 31.6 Å². The number of rotatable bonds is 3. The number of nitrogens with zero attached hydrogens (tertiary/aromatic N) is 1. The highest BCUT2D eigenvalue weighted by Gasteiger charge is 2.21. The summed E-state index contributed by atoms with van der Waals surface area (Å²) in [6, 6.07) is 0.517. The monoisotopic (exact) mass is 240 g/mol. The van der Waals surface area contributed by atoms with Crippen LogP contribution in [0.5, 0.6) is 0 Å². The summed E-state index contributed by atoms with van der Waals surface area (Å²) in [4.78, 5) is 13.8. The minimum atomic E-state index is 0.100. The number of nitrogens with one attached hydrogen (secondary N) is 1. The lowest BCUT2D eigenvalue weighted by Gasteiger charge is -2.28. The molecule has 0 aromatic rings. The maximum atomic E-state index is 12.0. The van der Waals surface area contributed by atoms with Gasteiger partial charge in [-0.2, -0.15) is 0 Å². The summed E-state index contributed by atoms with van der Waals surface area (Å²) in [5, 5.41) is 3.12. The van der Waals surface area contributed by atoms with Crippen LogP contribution in [0, 0.1) is 5.92 Å². The summed E-state index contributed by atoms with van der Waals surface area (Å²) in [6.45, 7) is 2.56. The zero-order valence-corrected chi connectivity index (χ0v) is 10.8. The predicted molar refractivity (Wildman–Crippen MR) is 67.0 cm³/mol. The van der Waals surface area contributed by atoms with E-state index in [4.69, 9.17) is 4.74 Å². The lowest BCUT2D eigenvalue weighted by molar-refractivity contribution is 0.0585. The lowest BCUT2D eigenvalue weighted by Crippen LogP contribution is -2.44. The van der Waals surface area contributed by atoms with Crippen molar-refractivity contribution in [1.82, 2.24) is 10.2 Å². The Hall–Kier alpha value is -0.770. The first-order valence-electron chi connectivity index (χ1n) is 6.85. The van der Waals surface area contributed by atoms with Gasteiger partial charge < -0.3 is 15.0 Å². The van der Waals surface area contributed by atoms with Crippen molar-refractivity contribution in [3.63, 3.8) is 0 Å². The van der Waals surface area contributed by atoms with Gasteiger partial charge in [0.15, 0.2) is 0 Å². The van der Waals surface area contributed by atoms with Gasteiger partial charge in [-0.25, -0.2) is 4.79 Å². The van der Waals surface area contributed by atoms with Crippen LogP contribution in [0.25, 0.3) is 0 Å². The molecule has 0 radical (unpaired) electrons. The van der Waals surface area contributed by atoms with Crippen molar-refractivity contribution in [3.8, 4) is 0 Å². The Morgan fingerprint density at radius 1 is 1.24 bits per heavy atom. The van der Waals surface area contributed by atoms with E-state index in [9.17, 15) is 4.79 Å². The first-order chi connectivity index (χ1) is 8.25. The van der Waals surface area contributed by atoms with Crippen LogP contribution < -0.4 is 5.32 Å². The normalized spacial score (nSPS) is 22.6. The topological polar surface area (TPSA) is 41.6 Å². The Bertz CT molecular complexity index is 246. The second-order valence-electron chi connectivity index (χ2n) is 5.37. The molecule has 0 unspecified atom stereocenters. The van der Waals surface area contributed by atoms with Crippen LogP contribution in [0.15, 0.2) is 0 Å². The third-order valence-corrected chi connectivity index (χ3v) is 3.90. The van der Waals surface area contributed by atoms with Gasteiger partial charge in [0.2, 0.25) is 0 Å². The first kappa shape index (κ1) is 12.7. The summed E-state index contributed by atoms with van der Waals surface area (Å²) in [6.07, 6.45) is 6.99. The molecule has 1 aliphatic carbocycles. The van der Waals surface area contributed by atoms with Gasteiger partial charge in [0.1, 0.15) is 0 Å². The van der Waals surface area contributed by atoms with E-state index < -0.39 is 0 Å². The van der Waals surface area contributed by atoms with Crippen molar-refractivity contribution in [3.05, 3.63) is 0 Å². The highest BCUT2D eigenvalue weighted by Crippen LogP contribution is 2.18. The summed E-state index contributed by atoms with van der Waals surface area (Å²) in [5.74, 6) is 0.614. The van der Waals surface area contributed by atoms with Crippen LogP contribution in [-0.2, 0) is 4.74 Å². The number of urea groups is 1. The maximum Gasteiger partial charge on any atom is 0.317 e. The molecular formula is C13H24N2O2. The average molecular weight is 240 g/mol. The zero-order valence-electron chi connectivity index (χ0n) is 10.8. The fourth-order valence-electron chi connectivity index (χ4n) is 2.75. The molecule has 0 aromatic carbocycles. The lowest BCUT2D eigenvalue weighted by atomic mass is 10.00. The molecule has 2 rings (SSSR count). The van der Waals surface area contributed by atoms with Crippen LogP contribution >= 0.6 is 0 Å². The van der Waals surface area contributed by atoms with Crippen molar-refractivity contribution >= 4 is 6.03 Å². The smallest absolute Gasteiger partial charge is 0.317 e. The quantitative estimate of drug-likeness (QED) is 0.819. The summed E-state index contributed by atoms with van der Waals surface area (Å²) >= 11 is 0. The van der Waals surface area contributed by atoms with Crippen molar-refractivity contribution in [1.29, 1.82) is 0 Å². The molecule has 0 aromatic heterocycles. The molecular weight excluding hydrogens is 216 g/mol. The highest BCUT2D eigenvalue weighted by molar-refractivity contribution is 5.74. The first-order valence-corrected chi connectivity index (χ1v) is 6.85. The number of carbonyl (C=O) groups is 1. The molecule has 0 bridgehead atoms. The van der Waals surface area contributed by atoms with Gasteiger partial charge in [0.05, 0.1) is 0 Å². The summed E-state index contributed by atoms with van der Waals surface area (Å²) in [5.41, 5.74) is 0. The Labute approximate surface area is 104 Å². The van der Waals surface area contributed by atoms with E-state index in [-0.39, 0.29) is 6.03 Å². The van der Waals surface area contributed by atoms with Crippen molar-refractivity contribution in [2.45, 2.75) is 44.6 Å². The van der Waals surface area contributed by atoms with E-state index in [2.05, 4.69) is 5.32 Å². The van der Waals surface area contributed by atoms with E-state index in [1.54, 1.807) is 0 Å². The predicted octanol–water partition coefficient (Wildman–Crippen LogP) is 2.00. The van der Waals surface area contributed by atoms with E-state index in [0.717, 1.165) is 45.4 Å². The van der Waals surface area contributed by atoms with Gasteiger partial charge >= 0.3 is 6.03 Å². The molecule has 1 heterocycles. The standard InChI is InChI=1S/C13H24N2O2/c1-15(10-11-6-8-17-9-7-11)13(16)14-12-4-2-3-5-12/h11-12H,2-10H2,1H3,(H,14,16). The summed E-state index contributed by atoms with van der Waals surface area (Å²) in [7, 11) is 1.90. The van der Waals surface area contributed by atoms with Crippen LogP contribution in [0.2, 0.25) is 0 Å². The maximum absolute atomic E-state index is 12.0. The van der Waals surface area contributed by atoms with Gasteiger partial charge in [0, 0.05) is 32.8 Å².